The molecule has 1 heterocycles. The van der Waals surface area contributed by atoms with E-state index in [-0.39, 0.29) is 6.04 Å². The number of aromatic nitrogens is 1. The molecular formula is C14H17ClN2S. The zero-order chi connectivity index (χ0) is 13.0. The van der Waals surface area contributed by atoms with Crippen molar-refractivity contribution in [3.8, 4) is 0 Å². The molecule has 0 spiro atoms. The predicted octanol–water partition coefficient (Wildman–Crippen LogP) is 4.19. The van der Waals surface area contributed by atoms with Crippen LogP contribution in [0.4, 0.5) is 0 Å². The Morgan fingerprint density at radius 3 is 2.89 bits per heavy atom. The van der Waals surface area contributed by atoms with Gasteiger partial charge in [0.1, 0.15) is 0 Å². The van der Waals surface area contributed by atoms with Gasteiger partial charge in [-0.1, -0.05) is 30.7 Å². The largest absolute Gasteiger partial charge is 0.306 e. The Kier molecular flexibility index (Phi) is 4.75. The van der Waals surface area contributed by atoms with Crippen LogP contribution in [0.2, 0.25) is 5.02 Å². The first kappa shape index (κ1) is 13.5. The van der Waals surface area contributed by atoms with Crippen molar-refractivity contribution in [2.45, 2.75) is 26.3 Å². The smallest absolute Gasteiger partial charge is 0.0798 e. The third kappa shape index (κ3) is 3.10. The summed E-state index contributed by atoms with van der Waals surface area (Å²) in [6.45, 7) is 5.20. The monoisotopic (exact) mass is 280 g/mol. The second-order valence-corrected chi connectivity index (χ2v) is 5.57. The molecule has 0 aliphatic rings. The van der Waals surface area contributed by atoms with Crippen LogP contribution in [0.1, 0.15) is 35.5 Å². The summed E-state index contributed by atoms with van der Waals surface area (Å²) in [5, 5.41) is 4.34. The van der Waals surface area contributed by atoms with Crippen molar-refractivity contribution < 1.29 is 0 Å². The van der Waals surface area contributed by atoms with Crippen LogP contribution >= 0.6 is 22.9 Å². The van der Waals surface area contributed by atoms with Gasteiger partial charge in [-0.25, -0.2) is 4.98 Å². The van der Waals surface area contributed by atoms with Gasteiger partial charge in [0.25, 0.3) is 0 Å². The van der Waals surface area contributed by atoms with E-state index in [2.05, 4.69) is 30.2 Å². The van der Waals surface area contributed by atoms with Gasteiger partial charge >= 0.3 is 0 Å². The summed E-state index contributed by atoms with van der Waals surface area (Å²) in [5.74, 6) is 0. The Bertz CT molecular complexity index is 510. The minimum atomic E-state index is 0.191. The lowest BCUT2D eigenvalue weighted by Gasteiger charge is -2.18. The Morgan fingerprint density at radius 2 is 2.28 bits per heavy atom. The van der Waals surface area contributed by atoms with Gasteiger partial charge < -0.3 is 5.32 Å². The van der Waals surface area contributed by atoms with Gasteiger partial charge in [0.2, 0.25) is 0 Å². The number of thiazole rings is 1. The lowest BCUT2D eigenvalue weighted by Crippen LogP contribution is -2.23. The number of aryl methyl sites for hydroxylation is 1. The highest BCUT2D eigenvalue weighted by molar-refractivity contribution is 7.09. The van der Waals surface area contributed by atoms with Gasteiger partial charge in [0, 0.05) is 9.90 Å². The Hall–Kier alpha value is -0.900. The van der Waals surface area contributed by atoms with Crippen LogP contribution in [0, 0.1) is 6.92 Å². The van der Waals surface area contributed by atoms with E-state index in [0.29, 0.717) is 0 Å². The van der Waals surface area contributed by atoms with E-state index in [4.69, 9.17) is 11.6 Å². The Labute approximate surface area is 117 Å². The summed E-state index contributed by atoms with van der Waals surface area (Å²) >= 11 is 7.78. The van der Waals surface area contributed by atoms with Crippen molar-refractivity contribution in [3.63, 3.8) is 0 Å². The molecule has 1 atom stereocenters. The molecular weight excluding hydrogens is 264 g/mol. The summed E-state index contributed by atoms with van der Waals surface area (Å²) in [7, 11) is 0. The fourth-order valence-electron chi connectivity index (χ4n) is 1.92. The Morgan fingerprint density at radius 1 is 1.44 bits per heavy atom. The third-order valence-electron chi connectivity index (χ3n) is 2.83. The molecule has 0 saturated heterocycles. The summed E-state index contributed by atoms with van der Waals surface area (Å²) in [5.41, 5.74) is 4.19. The number of rotatable bonds is 5. The molecule has 2 rings (SSSR count). The van der Waals surface area contributed by atoms with Gasteiger partial charge in [-0.15, -0.1) is 11.3 Å². The number of hydrogen-bond acceptors (Lipinski definition) is 3. The van der Waals surface area contributed by atoms with Crippen LogP contribution in [0.5, 0.6) is 0 Å². The second kappa shape index (κ2) is 6.32. The summed E-state index contributed by atoms with van der Waals surface area (Å²) in [6.07, 6.45) is 1.11. The van der Waals surface area contributed by atoms with Crippen molar-refractivity contribution >= 4 is 22.9 Å². The van der Waals surface area contributed by atoms with Gasteiger partial charge in [-0.3, -0.25) is 0 Å². The fourth-order valence-corrected chi connectivity index (χ4v) is 3.03. The number of nitrogens with zero attached hydrogens (tertiary/aromatic N) is 1. The van der Waals surface area contributed by atoms with E-state index in [1.54, 1.807) is 11.3 Å². The highest BCUT2D eigenvalue weighted by atomic mass is 35.5. The first-order chi connectivity index (χ1) is 8.72. The molecule has 1 unspecified atom stereocenters. The molecule has 4 heteroatoms. The first-order valence-corrected chi connectivity index (χ1v) is 7.37. The average molecular weight is 281 g/mol. The average Bonchev–Trinajstić information content (AvgIpc) is 2.77. The fraction of sp³-hybridized carbons (Fsp3) is 0.357. The lowest BCUT2D eigenvalue weighted by molar-refractivity contribution is 0.603. The van der Waals surface area contributed by atoms with Gasteiger partial charge in [0.15, 0.2) is 0 Å². The van der Waals surface area contributed by atoms with E-state index in [0.717, 1.165) is 23.7 Å². The third-order valence-corrected chi connectivity index (χ3v) is 4.06. The second-order valence-electron chi connectivity index (χ2n) is 4.24. The molecule has 0 aliphatic carbocycles. The number of hydrogen-bond donors (Lipinski definition) is 1. The van der Waals surface area contributed by atoms with Gasteiger partial charge in [-0.2, -0.15) is 0 Å². The molecule has 18 heavy (non-hydrogen) atoms. The molecule has 0 radical (unpaired) electrons. The molecule has 96 valence electrons. The zero-order valence-corrected chi connectivity index (χ0v) is 12.2. The van der Waals surface area contributed by atoms with E-state index in [1.165, 1.54) is 10.4 Å². The topological polar surface area (TPSA) is 24.9 Å². The van der Waals surface area contributed by atoms with E-state index >= 15 is 0 Å². The first-order valence-electron chi connectivity index (χ1n) is 6.11. The van der Waals surface area contributed by atoms with E-state index in [9.17, 15) is 0 Å². The Balaban J connectivity index is 2.33. The number of benzene rings is 1. The molecule has 0 bridgehead atoms. The quantitative estimate of drug-likeness (QED) is 0.888. The minimum absolute atomic E-state index is 0.191. The summed E-state index contributed by atoms with van der Waals surface area (Å²) in [6, 6.07) is 8.22. The standard InChI is InChI=1S/C14H17ClN2S/c1-3-7-16-13(14-10(2)17-9-18-14)11-5-4-6-12(15)8-11/h4-6,8-9,13,16H,3,7H2,1-2H3. The minimum Gasteiger partial charge on any atom is -0.306 e. The molecule has 2 nitrogen and oxygen atoms in total. The number of nitrogens with one attached hydrogen (secondary N) is 1. The highest BCUT2D eigenvalue weighted by Gasteiger charge is 2.17. The summed E-state index contributed by atoms with van der Waals surface area (Å²) < 4.78 is 0. The van der Waals surface area contributed by atoms with Crippen LogP contribution in [0.3, 0.4) is 0 Å². The van der Waals surface area contributed by atoms with Crippen molar-refractivity contribution in [2.75, 3.05) is 6.54 Å². The van der Waals surface area contributed by atoms with Crippen LogP contribution in [0.15, 0.2) is 29.8 Å². The van der Waals surface area contributed by atoms with Crippen LogP contribution in [-0.4, -0.2) is 11.5 Å². The molecule has 0 fully saturated rings. The van der Waals surface area contributed by atoms with Crippen molar-refractivity contribution in [2.24, 2.45) is 0 Å². The highest BCUT2D eigenvalue weighted by Crippen LogP contribution is 2.29. The maximum absolute atomic E-state index is 6.08. The van der Waals surface area contributed by atoms with Crippen molar-refractivity contribution in [1.29, 1.82) is 0 Å². The SMILES string of the molecule is CCCNC(c1cccc(Cl)c1)c1scnc1C. The van der Waals surface area contributed by atoms with Crippen LogP contribution in [0.25, 0.3) is 0 Å². The number of halogens is 1. The van der Waals surface area contributed by atoms with E-state index < -0.39 is 0 Å². The molecule has 1 aromatic carbocycles. The molecule has 1 aromatic heterocycles. The summed E-state index contributed by atoms with van der Waals surface area (Å²) in [4.78, 5) is 5.61. The molecule has 0 amide bonds. The van der Waals surface area contributed by atoms with Gasteiger partial charge in [0.05, 0.1) is 17.2 Å². The zero-order valence-electron chi connectivity index (χ0n) is 10.6. The van der Waals surface area contributed by atoms with Gasteiger partial charge in [-0.05, 0) is 37.6 Å². The van der Waals surface area contributed by atoms with Crippen LogP contribution < -0.4 is 5.32 Å². The predicted molar refractivity (Wildman–Crippen MR) is 78.4 cm³/mol. The van der Waals surface area contributed by atoms with Crippen molar-refractivity contribution in [1.82, 2.24) is 10.3 Å². The van der Waals surface area contributed by atoms with Crippen LogP contribution in [-0.2, 0) is 0 Å². The molecule has 1 N–H and O–H groups in total. The maximum atomic E-state index is 6.08. The molecule has 0 saturated carbocycles. The van der Waals surface area contributed by atoms with Crippen molar-refractivity contribution in [3.05, 3.63) is 50.9 Å². The van der Waals surface area contributed by atoms with E-state index in [1.807, 2.05) is 23.7 Å². The molecule has 0 aliphatic heterocycles. The molecule has 2 aromatic rings. The maximum Gasteiger partial charge on any atom is 0.0798 e. The normalized spacial score (nSPS) is 12.6. The lowest BCUT2D eigenvalue weighted by atomic mass is 10.0.